The van der Waals surface area contributed by atoms with Crippen LogP contribution in [-0.4, -0.2) is 15.9 Å². The number of carbonyl (C=O) groups is 1. The molecule has 3 aromatic rings. The van der Waals surface area contributed by atoms with Crippen molar-refractivity contribution >= 4 is 17.4 Å². The van der Waals surface area contributed by atoms with E-state index < -0.39 is 0 Å². The van der Waals surface area contributed by atoms with Gasteiger partial charge in [0.15, 0.2) is 0 Å². The van der Waals surface area contributed by atoms with E-state index in [4.69, 9.17) is 0 Å². The lowest BCUT2D eigenvalue weighted by Crippen LogP contribution is -2.11. The molecule has 1 aliphatic rings. The highest BCUT2D eigenvalue weighted by Crippen LogP contribution is 2.38. The lowest BCUT2D eigenvalue weighted by Gasteiger charge is -2.09. The van der Waals surface area contributed by atoms with E-state index in [1.807, 2.05) is 30.3 Å². The topological polar surface area (TPSA) is 66.9 Å². The molecular formula is C21H19FN4O. The maximum Gasteiger partial charge on any atom is 0.255 e. The van der Waals surface area contributed by atoms with E-state index in [1.165, 1.54) is 37.1 Å². The Bertz CT molecular complexity index is 937. The van der Waals surface area contributed by atoms with Crippen LogP contribution in [0.25, 0.3) is 0 Å². The van der Waals surface area contributed by atoms with Gasteiger partial charge in [0.2, 0.25) is 0 Å². The largest absolute Gasteiger partial charge is 0.366 e. The summed E-state index contributed by atoms with van der Waals surface area (Å²) in [6.45, 7) is 0.632. The van der Waals surface area contributed by atoms with Gasteiger partial charge in [-0.1, -0.05) is 12.1 Å². The lowest BCUT2D eigenvalue weighted by molar-refractivity contribution is 0.102. The van der Waals surface area contributed by atoms with E-state index in [-0.39, 0.29) is 11.7 Å². The number of aromatic nitrogens is 2. The Labute approximate surface area is 156 Å². The van der Waals surface area contributed by atoms with Gasteiger partial charge >= 0.3 is 0 Å². The summed E-state index contributed by atoms with van der Waals surface area (Å²) in [5.41, 5.74) is 2.17. The number of benzene rings is 2. The van der Waals surface area contributed by atoms with Crippen LogP contribution in [0.2, 0.25) is 0 Å². The minimum absolute atomic E-state index is 0.269. The number of nitrogens with zero attached hydrogens (tertiary/aromatic N) is 2. The van der Waals surface area contributed by atoms with Gasteiger partial charge < -0.3 is 10.6 Å². The summed E-state index contributed by atoms with van der Waals surface area (Å²) in [7, 11) is 0. The van der Waals surface area contributed by atoms with Crippen LogP contribution >= 0.6 is 0 Å². The third-order valence-corrected chi connectivity index (χ3v) is 4.41. The highest BCUT2D eigenvalue weighted by Gasteiger charge is 2.26. The molecule has 5 nitrogen and oxygen atoms in total. The van der Waals surface area contributed by atoms with Gasteiger partial charge in [0.25, 0.3) is 5.91 Å². The number of hydrogen-bond acceptors (Lipinski definition) is 4. The summed E-state index contributed by atoms with van der Waals surface area (Å²) >= 11 is 0. The van der Waals surface area contributed by atoms with E-state index in [1.54, 1.807) is 6.20 Å². The predicted molar refractivity (Wildman–Crippen MR) is 102 cm³/mol. The molecule has 0 bridgehead atoms. The molecular weight excluding hydrogens is 343 g/mol. The van der Waals surface area contributed by atoms with Gasteiger partial charge in [0.1, 0.15) is 17.5 Å². The Morgan fingerprint density at radius 2 is 1.78 bits per heavy atom. The van der Waals surface area contributed by atoms with Crippen molar-refractivity contribution in [3.05, 3.63) is 83.6 Å². The van der Waals surface area contributed by atoms with Crippen molar-refractivity contribution in [2.45, 2.75) is 25.3 Å². The highest BCUT2D eigenvalue weighted by atomic mass is 19.1. The summed E-state index contributed by atoms with van der Waals surface area (Å²) in [4.78, 5) is 21.0. The number of amides is 1. The molecule has 136 valence electrons. The monoisotopic (exact) mass is 362 g/mol. The smallest absolute Gasteiger partial charge is 0.255 e. The number of nitrogens with one attached hydrogen (secondary N) is 2. The fraction of sp³-hybridized carbons (Fsp3) is 0.190. The molecule has 2 N–H and O–H groups in total. The Balaban J connectivity index is 1.34. The van der Waals surface area contributed by atoms with Gasteiger partial charge in [-0.2, -0.15) is 0 Å². The first-order valence-corrected chi connectivity index (χ1v) is 8.90. The first kappa shape index (κ1) is 17.1. The molecule has 1 amide bonds. The van der Waals surface area contributed by atoms with Gasteiger partial charge in [-0.05, 0) is 60.9 Å². The van der Waals surface area contributed by atoms with E-state index in [0.717, 1.165) is 17.2 Å². The van der Waals surface area contributed by atoms with Crippen molar-refractivity contribution < 1.29 is 9.18 Å². The van der Waals surface area contributed by atoms with Crippen LogP contribution in [-0.2, 0) is 6.54 Å². The minimum Gasteiger partial charge on any atom is -0.366 e. The Morgan fingerprint density at radius 3 is 2.48 bits per heavy atom. The fourth-order valence-corrected chi connectivity index (χ4v) is 2.71. The molecule has 1 saturated carbocycles. The molecule has 1 fully saturated rings. The second-order valence-electron chi connectivity index (χ2n) is 6.59. The molecule has 2 aromatic carbocycles. The number of anilines is 2. The van der Waals surface area contributed by atoms with Crippen LogP contribution in [0.15, 0.2) is 60.8 Å². The summed E-state index contributed by atoms with van der Waals surface area (Å²) in [5.74, 6) is 1.63. The summed E-state index contributed by atoms with van der Waals surface area (Å²) < 4.78 is 12.9. The fourth-order valence-electron chi connectivity index (χ4n) is 2.71. The Morgan fingerprint density at radius 1 is 1.04 bits per heavy atom. The van der Waals surface area contributed by atoms with Crippen LogP contribution in [0.3, 0.4) is 0 Å². The lowest BCUT2D eigenvalue weighted by atomic mass is 10.1. The van der Waals surface area contributed by atoms with Crippen molar-refractivity contribution in [2.75, 3.05) is 10.6 Å². The third-order valence-electron chi connectivity index (χ3n) is 4.41. The minimum atomic E-state index is -0.364. The molecule has 0 radical (unpaired) electrons. The Kier molecular flexibility index (Phi) is 4.78. The van der Waals surface area contributed by atoms with E-state index in [0.29, 0.717) is 23.7 Å². The molecule has 1 heterocycles. The van der Waals surface area contributed by atoms with Crippen molar-refractivity contribution in [3.63, 3.8) is 0 Å². The molecule has 27 heavy (non-hydrogen) atoms. The maximum absolute atomic E-state index is 12.9. The molecule has 0 saturated heterocycles. The second-order valence-corrected chi connectivity index (χ2v) is 6.59. The number of hydrogen-bond donors (Lipinski definition) is 2. The van der Waals surface area contributed by atoms with Crippen molar-refractivity contribution in [1.29, 1.82) is 0 Å². The van der Waals surface area contributed by atoms with Crippen LogP contribution in [0.5, 0.6) is 0 Å². The van der Waals surface area contributed by atoms with Crippen molar-refractivity contribution in [1.82, 2.24) is 9.97 Å². The van der Waals surface area contributed by atoms with Crippen molar-refractivity contribution in [3.8, 4) is 0 Å². The molecule has 0 atom stereocenters. The predicted octanol–water partition coefficient (Wildman–Crippen LogP) is 4.36. The third kappa shape index (κ3) is 4.47. The van der Waals surface area contributed by atoms with Crippen molar-refractivity contribution in [2.24, 2.45) is 0 Å². The normalized spacial score (nSPS) is 13.2. The number of halogens is 1. The summed E-state index contributed by atoms with van der Waals surface area (Å²) in [6, 6.07) is 14.9. The molecule has 4 rings (SSSR count). The highest BCUT2D eigenvalue weighted by molar-refractivity contribution is 6.04. The molecule has 0 unspecified atom stereocenters. The van der Waals surface area contributed by atoms with E-state index in [9.17, 15) is 9.18 Å². The number of carbonyl (C=O) groups excluding carboxylic acids is 1. The number of rotatable bonds is 6. The quantitative estimate of drug-likeness (QED) is 0.684. The molecule has 0 aliphatic heterocycles. The van der Waals surface area contributed by atoms with Gasteiger partial charge in [-0.3, -0.25) is 4.79 Å². The standard InChI is InChI=1S/C21H19FN4O/c22-17-7-5-16(6-8-17)21(27)25-18-9-1-14(2-10-18)13-24-19-11-12-23-20(26-19)15-3-4-15/h1-2,5-12,15H,3-4,13H2,(H,25,27)(H,23,24,26). The average molecular weight is 362 g/mol. The van der Waals surface area contributed by atoms with E-state index >= 15 is 0 Å². The average Bonchev–Trinajstić information content (AvgIpc) is 3.53. The SMILES string of the molecule is O=C(Nc1ccc(CNc2ccnc(C3CC3)n2)cc1)c1ccc(F)cc1. The van der Waals surface area contributed by atoms with Crippen LogP contribution < -0.4 is 10.6 Å². The first-order chi connectivity index (χ1) is 13.2. The van der Waals surface area contributed by atoms with E-state index in [2.05, 4.69) is 20.6 Å². The molecule has 0 spiro atoms. The van der Waals surface area contributed by atoms with Crippen LogP contribution in [0.1, 0.15) is 40.5 Å². The second kappa shape index (κ2) is 7.53. The van der Waals surface area contributed by atoms with Gasteiger partial charge in [0.05, 0.1) is 0 Å². The molecule has 1 aliphatic carbocycles. The summed E-state index contributed by atoms with van der Waals surface area (Å²) in [5, 5.41) is 6.10. The zero-order valence-corrected chi connectivity index (χ0v) is 14.7. The van der Waals surface area contributed by atoms with Crippen LogP contribution in [0, 0.1) is 5.82 Å². The Hall–Kier alpha value is -3.28. The first-order valence-electron chi connectivity index (χ1n) is 8.90. The zero-order valence-electron chi connectivity index (χ0n) is 14.7. The van der Waals surface area contributed by atoms with Gasteiger partial charge in [-0.25, -0.2) is 14.4 Å². The summed E-state index contributed by atoms with van der Waals surface area (Å²) in [6.07, 6.45) is 4.14. The van der Waals surface area contributed by atoms with Gasteiger partial charge in [0, 0.05) is 29.9 Å². The zero-order chi connectivity index (χ0) is 18.6. The molecule has 6 heteroatoms. The van der Waals surface area contributed by atoms with Gasteiger partial charge in [-0.15, -0.1) is 0 Å². The molecule has 1 aromatic heterocycles. The maximum atomic E-state index is 12.9. The van der Waals surface area contributed by atoms with Crippen LogP contribution in [0.4, 0.5) is 15.9 Å².